The molecule has 0 radical (unpaired) electrons. The predicted molar refractivity (Wildman–Crippen MR) is 104 cm³/mol. The maximum atomic E-state index is 13.2. The first kappa shape index (κ1) is 18.8. The third kappa shape index (κ3) is 4.09. The minimum absolute atomic E-state index is 0.330. The molecule has 1 amide bonds. The third-order valence-electron chi connectivity index (χ3n) is 4.26. The Morgan fingerprint density at radius 1 is 1.07 bits per heavy atom. The van der Waals surface area contributed by atoms with Gasteiger partial charge in [-0.25, -0.2) is 4.39 Å². The van der Waals surface area contributed by atoms with Gasteiger partial charge in [-0.15, -0.1) is 5.10 Å². The van der Waals surface area contributed by atoms with Crippen molar-refractivity contribution in [2.75, 3.05) is 5.73 Å². The summed E-state index contributed by atoms with van der Waals surface area (Å²) in [5, 5.41) is 8.98. The first-order valence-corrected chi connectivity index (χ1v) is 9.10. The molecule has 0 bridgehead atoms. The number of amides is 1. The van der Waals surface area contributed by atoms with E-state index < -0.39 is 17.6 Å². The van der Waals surface area contributed by atoms with Crippen LogP contribution in [-0.2, 0) is 4.79 Å². The van der Waals surface area contributed by atoms with Crippen molar-refractivity contribution in [2.45, 2.75) is 29.7 Å². The molecule has 138 valence electrons. The van der Waals surface area contributed by atoms with Gasteiger partial charge in [0.25, 0.3) is 0 Å². The van der Waals surface area contributed by atoms with Gasteiger partial charge in [0.2, 0.25) is 5.91 Å². The van der Waals surface area contributed by atoms with Crippen LogP contribution in [0.2, 0.25) is 0 Å². The topological polar surface area (TPSA) is 94.9 Å². The van der Waals surface area contributed by atoms with E-state index in [-0.39, 0.29) is 0 Å². The van der Waals surface area contributed by atoms with Crippen LogP contribution in [0.3, 0.4) is 0 Å². The van der Waals surface area contributed by atoms with Crippen molar-refractivity contribution in [3.8, 4) is 0 Å². The molecule has 0 fully saturated rings. The molecule has 3 aromatic rings. The average Bonchev–Trinajstić information content (AvgIpc) is 2.61. The highest BCUT2D eigenvalue weighted by molar-refractivity contribution is 7.99. The highest BCUT2D eigenvalue weighted by Crippen LogP contribution is 2.33. The highest BCUT2D eigenvalue weighted by atomic mass is 32.2. The molecular weight excluding hydrogens is 363 g/mol. The number of benzene rings is 2. The molecule has 0 saturated carbocycles. The summed E-state index contributed by atoms with van der Waals surface area (Å²) >= 11 is 1.27. The standard InChI is InChI=1S/C20H19FN4OS/c1-11-4-3-5-12(2)18(11)19(20(23)26)15-7-9-17(25-24-15)27-16-8-6-13(21)10-14(16)22/h3-10,19H,22H2,1-2H3,(H2,23,26). The number of anilines is 1. The number of rotatable bonds is 5. The first-order chi connectivity index (χ1) is 12.9. The minimum Gasteiger partial charge on any atom is -0.398 e. The van der Waals surface area contributed by atoms with E-state index in [9.17, 15) is 9.18 Å². The predicted octanol–water partition coefficient (Wildman–Crippen LogP) is 3.58. The number of hydrogen-bond acceptors (Lipinski definition) is 5. The van der Waals surface area contributed by atoms with Crippen LogP contribution in [0.1, 0.15) is 28.3 Å². The molecule has 7 heteroatoms. The Bertz CT molecular complexity index is 972. The van der Waals surface area contributed by atoms with E-state index in [2.05, 4.69) is 10.2 Å². The Hall–Kier alpha value is -2.93. The fourth-order valence-corrected chi connectivity index (χ4v) is 3.74. The number of hydrogen-bond donors (Lipinski definition) is 2. The van der Waals surface area contributed by atoms with Gasteiger partial charge in [-0.05, 0) is 60.9 Å². The second-order valence-corrected chi connectivity index (χ2v) is 7.28. The number of aromatic nitrogens is 2. The number of carbonyl (C=O) groups is 1. The van der Waals surface area contributed by atoms with E-state index in [1.54, 1.807) is 18.2 Å². The monoisotopic (exact) mass is 382 g/mol. The van der Waals surface area contributed by atoms with E-state index in [0.717, 1.165) is 16.7 Å². The summed E-state index contributed by atoms with van der Waals surface area (Å²) in [7, 11) is 0. The minimum atomic E-state index is -0.673. The van der Waals surface area contributed by atoms with Gasteiger partial charge in [-0.3, -0.25) is 4.79 Å². The zero-order valence-electron chi connectivity index (χ0n) is 14.9. The van der Waals surface area contributed by atoms with Crippen LogP contribution < -0.4 is 11.5 Å². The molecule has 3 rings (SSSR count). The largest absolute Gasteiger partial charge is 0.398 e. The fourth-order valence-electron chi connectivity index (χ4n) is 2.98. The summed E-state index contributed by atoms with van der Waals surface area (Å²) in [6, 6.07) is 13.5. The molecule has 0 saturated heterocycles. The zero-order chi connectivity index (χ0) is 19.6. The third-order valence-corrected chi connectivity index (χ3v) is 5.28. The van der Waals surface area contributed by atoms with Gasteiger partial charge in [-0.1, -0.05) is 30.0 Å². The maximum absolute atomic E-state index is 13.2. The summed E-state index contributed by atoms with van der Waals surface area (Å²) < 4.78 is 13.2. The van der Waals surface area contributed by atoms with Gasteiger partial charge >= 0.3 is 0 Å². The molecule has 5 nitrogen and oxygen atoms in total. The number of primary amides is 1. The van der Waals surface area contributed by atoms with Crippen molar-refractivity contribution in [1.82, 2.24) is 10.2 Å². The number of nitrogens with two attached hydrogens (primary N) is 2. The summed E-state index contributed by atoms with van der Waals surface area (Å²) in [6.07, 6.45) is 0. The Morgan fingerprint density at radius 2 is 1.78 bits per heavy atom. The number of halogens is 1. The molecule has 27 heavy (non-hydrogen) atoms. The van der Waals surface area contributed by atoms with Crippen LogP contribution in [0, 0.1) is 19.7 Å². The molecule has 1 atom stereocenters. The van der Waals surface area contributed by atoms with Crippen LogP contribution in [-0.4, -0.2) is 16.1 Å². The van der Waals surface area contributed by atoms with Gasteiger partial charge in [0.1, 0.15) is 16.8 Å². The van der Waals surface area contributed by atoms with Gasteiger partial charge in [-0.2, -0.15) is 5.10 Å². The van der Waals surface area contributed by atoms with E-state index in [1.165, 1.54) is 23.9 Å². The maximum Gasteiger partial charge on any atom is 0.231 e. The van der Waals surface area contributed by atoms with Crippen molar-refractivity contribution in [3.63, 3.8) is 0 Å². The molecule has 4 N–H and O–H groups in total. The second kappa shape index (κ2) is 7.75. The van der Waals surface area contributed by atoms with E-state index >= 15 is 0 Å². The molecular formula is C20H19FN4OS. The smallest absolute Gasteiger partial charge is 0.231 e. The highest BCUT2D eigenvalue weighted by Gasteiger charge is 2.25. The van der Waals surface area contributed by atoms with Gasteiger partial charge in [0, 0.05) is 10.6 Å². The molecule has 1 unspecified atom stereocenters. The SMILES string of the molecule is Cc1cccc(C)c1C(C(N)=O)c1ccc(Sc2ccc(F)cc2N)nn1. The van der Waals surface area contributed by atoms with Crippen LogP contribution in [0.5, 0.6) is 0 Å². The van der Waals surface area contributed by atoms with Crippen molar-refractivity contribution in [1.29, 1.82) is 0 Å². The summed E-state index contributed by atoms with van der Waals surface area (Å²) in [4.78, 5) is 12.8. The first-order valence-electron chi connectivity index (χ1n) is 8.28. The summed E-state index contributed by atoms with van der Waals surface area (Å²) in [6.45, 7) is 3.88. The normalized spacial score (nSPS) is 12.0. The number of carbonyl (C=O) groups excluding carboxylic acids is 1. The molecule has 0 aliphatic heterocycles. The fraction of sp³-hybridized carbons (Fsp3) is 0.150. The lowest BCUT2D eigenvalue weighted by Gasteiger charge is -2.18. The van der Waals surface area contributed by atoms with E-state index in [1.807, 2.05) is 32.0 Å². The van der Waals surface area contributed by atoms with Gasteiger partial charge in [0.15, 0.2) is 0 Å². The van der Waals surface area contributed by atoms with Crippen molar-refractivity contribution in [2.24, 2.45) is 5.73 Å². The number of nitrogen functional groups attached to an aromatic ring is 1. The quantitative estimate of drug-likeness (QED) is 0.658. The van der Waals surface area contributed by atoms with Crippen molar-refractivity contribution >= 4 is 23.4 Å². The van der Waals surface area contributed by atoms with E-state index in [0.29, 0.717) is 21.3 Å². The molecule has 1 heterocycles. The molecule has 1 aromatic heterocycles. The van der Waals surface area contributed by atoms with Gasteiger partial charge < -0.3 is 11.5 Å². The lowest BCUT2D eigenvalue weighted by Crippen LogP contribution is -2.25. The van der Waals surface area contributed by atoms with Crippen LogP contribution >= 0.6 is 11.8 Å². The zero-order valence-corrected chi connectivity index (χ0v) is 15.8. The van der Waals surface area contributed by atoms with Crippen LogP contribution in [0.25, 0.3) is 0 Å². The average molecular weight is 382 g/mol. The van der Waals surface area contributed by atoms with Crippen LogP contribution in [0.4, 0.5) is 10.1 Å². The summed E-state index contributed by atoms with van der Waals surface area (Å²) in [5.41, 5.74) is 15.1. The molecule has 2 aromatic carbocycles. The lowest BCUT2D eigenvalue weighted by atomic mass is 9.88. The lowest BCUT2D eigenvalue weighted by molar-refractivity contribution is -0.118. The number of aryl methyl sites for hydroxylation is 2. The molecule has 0 aliphatic rings. The second-order valence-electron chi connectivity index (χ2n) is 6.22. The Kier molecular flexibility index (Phi) is 5.41. The number of nitrogens with zero attached hydrogens (tertiary/aromatic N) is 2. The van der Waals surface area contributed by atoms with Crippen LogP contribution in [0.15, 0.2) is 58.5 Å². The Labute approximate surface area is 161 Å². The Morgan fingerprint density at radius 3 is 2.33 bits per heavy atom. The summed E-state index contributed by atoms with van der Waals surface area (Å²) in [5.74, 6) is -1.55. The van der Waals surface area contributed by atoms with Crippen molar-refractivity contribution < 1.29 is 9.18 Å². The van der Waals surface area contributed by atoms with Gasteiger partial charge in [0.05, 0.1) is 5.69 Å². The van der Waals surface area contributed by atoms with E-state index in [4.69, 9.17) is 11.5 Å². The molecule has 0 aliphatic carbocycles. The Balaban J connectivity index is 1.91. The van der Waals surface area contributed by atoms with Crippen molar-refractivity contribution in [3.05, 3.63) is 76.7 Å². The molecule has 0 spiro atoms.